The van der Waals surface area contributed by atoms with Crippen molar-refractivity contribution in [2.75, 3.05) is 6.61 Å². The zero-order valence-corrected chi connectivity index (χ0v) is 15.4. The topological polar surface area (TPSA) is 73.5 Å². The molecule has 142 valence electrons. The van der Waals surface area contributed by atoms with Gasteiger partial charge in [0.25, 0.3) is 5.91 Å². The van der Waals surface area contributed by atoms with Crippen LogP contribution in [0.4, 0.5) is 0 Å². The van der Waals surface area contributed by atoms with Gasteiger partial charge in [0.05, 0.1) is 29.5 Å². The van der Waals surface area contributed by atoms with Crippen LogP contribution in [0.2, 0.25) is 0 Å². The van der Waals surface area contributed by atoms with Crippen molar-refractivity contribution in [1.82, 2.24) is 24.5 Å². The summed E-state index contributed by atoms with van der Waals surface area (Å²) in [5, 5.41) is 8.32. The Kier molecular flexibility index (Phi) is 4.29. The van der Waals surface area contributed by atoms with Crippen LogP contribution in [0.1, 0.15) is 41.5 Å². The van der Waals surface area contributed by atoms with E-state index in [1.165, 1.54) is 0 Å². The first kappa shape index (κ1) is 16.9. The molecule has 1 N–H and O–H groups in total. The molecule has 5 rings (SSSR count). The molecular weight excluding hydrogens is 354 g/mol. The summed E-state index contributed by atoms with van der Waals surface area (Å²) in [6, 6.07) is 11.5. The van der Waals surface area contributed by atoms with Crippen LogP contribution < -0.4 is 5.32 Å². The molecule has 1 aliphatic rings. The van der Waals surface area contributed by atoms with Gasteiger partial charge in [-0.05, 0) is 43.5 Å². The Hall–Kier alpha value is -3.19. The van der Waals surface area contributed by atoms with E-state index < -0.39 is 0 Å². The number of hydrogen-bond donors (Lipinski definition) is 1. The average molecular weight is 375 g/mol. The lowest BCUT2D eigenvalue weighted by atomic mass is 10.1. The number of carbonyl (C=O) groups is 1. The number of pyridine rings is 1. The standard InChI is InChI=1S/C21H21N5O2/c27-21(22-12-15-14-25-10-3-1-8-19(25)24-15)16-6-5-7-18-17(16)13-23-26(18)20-9-2-4-11-28-20/h1,3,5-8,10,13-14,20H,2,4,9,11-12H2,(H,22,27). The molecule has 1 atom stereocenters. The number of imidazole rings is 1. The predicted octanol–water partition coefficient (Wildman–Crippen LogP) is 3.31. The fraction of sp³-hybridized carbons (Fsp3) is 0.286. The minimum atomic E-state index is -0.133. The van der Waals surface area contributed by atoms with Crippen molar-refractivity contribution >= 4 is 22.5 Å². The third kappa shape index (κ3) is 3.03. The molecule has 3 aromatic heterocycles. The Labute approximate surface area is 161 Å². The Morgan fingerprint density at radius 3 is 3.04 bits per heavy atom. The van der Waals surface area contributed by atoms with Gasteiger partial charge in [-0.3, -0.25) is 4.79 Å². The maximum atomic E-state index is 12.8. The van der Waals surface area contributed by atoms with E-state index in [1.807, 2.05) is 57.9 Å². The number of nitrogens with zero attached hydrogens (tertiary/aromatic N) is 4. The van der Waals surface area contributed by atoms with Crippen molar-refractivity contribution in [1.29, 1.82) is 0 Å². The van der Waals surface area contributed by atoms with E-state index in [2.05, 4.69) is 15.4 Å². The lowest BCUT2D eigenvalue weighted by Crippen LogP contribution is -2.23. The van der Waals surface area contributed by atoms with Crippen LogP contribution in [0.5, 0.6) is 0 Å². The van der Waals surface area contributed by atoms with Crippen molar-refractivity contribution in [2.45, 2.75) is 32.0 Å². The van der Waals surface area contributed by atoms with Gasteiger partial charge >= 0.3 is 0 Å². The van der Waals surface area contributed by atoms with Gasteiger partial charge in [0.2, 0.25) is 0 Å². The number of ether oxygens (including phenoxy) is 1. The highest BCUT2D eigenvalue weighted by atomic mass is 16.5. The number of benzene rings is 1. The average Bonchev–Trinajstić information content (AvgIpc) is 3.36. The SMILES string of the molecule is O=C(NCc1cn2ccccc2n1)c1cccc2c1cnn2C1CCCCO1. The minimum absolute atomic E-state index is 0.0532. The smallest absolute Gasteiger partial charge is 0.252 e. The Bertz CT molecular complexity index is 1110. The molecule has 1 aliphatic heterocycles. The van der Waals surface area contributed by atoms with E-state index >= 15 is 0 Å². The first-order chi connectivity index (χ1) is 13.8. The molecule has 1 amide bonds. The molecule has 0 radical (unpaired) electrons. The highest BCUT2D eigenvalue weighted by molar-refractivity contribution is 6.06. The van der Waals surface area contributed by atoms with Crippen LogP contribution in [0.15, 0.2) is 55.0 Å². The first-order valence-electron chi connectivity index (χ1n) is 9.58. The van der Waals surface area contributed by atoms with E-state index in [0.717, 1.165) is 48.1 Å². The molecule has 4 aromatic rings. The summed E-state index contributed by atoms with van der Waals surface area (Å²) in [6.45, 7) is 1.13. The predicted molar refractivity (Wildman–Crippen MR) is 105 cm³/mol. The van der Waals surface area contributed by atoms with Crippen molar-refractivity contribution in [3.8, 4) is 0 Å². The van der Waals surface area contributed by atoms with E-state index in [4.69, 9.17) is 4.74 Å². The highest BCUT2D eigenvalue weighted by Crippen LogP contribution is 2.27. The Balaban J connectivity index is 1.37. The number of nitrogens with one attached hydrogen (secondary N) is 1. The molecule has 7 heteroatoms. The lowest BCUT2D eigenvalue weighted by Gasteiger charge is -2.23. The van der Waals surface area contributed by atoms with Gasteiger partial charge in [0.15, 0.2) is 6.23 Å². The lowest BCUT2D eigenvalue weighted by molar-refractivity contribution is -0.0366. The van der Waals surface area contributed by atoms with Gasteiger partial charge in [-0.2, -0.15) is 5.10 Å². The molecule has 7 nitrogen and oxygen atoms in total. The van der Waals surface area contributed by atoms with Crippen LogP contribution >= 0.6 is 0 Å². The second-order valence-electron chi connectivity index (χ2n) is 7.03. The van der Waals surface area contributed by atoms with Crippen molar-refractivity contribution in [3.05, 3.63) is 66.2 Å². The van der Waals surface area contributed by atoms with Crippen LogP contribution in [-0.2, 0) is 11.3 Å². The van der Waals surface area contributed by atoms with Gasteiger partial charge in [0.1, 0.15) is 5.65 Å². The molecule has 1 aromatic carbocycles. The number of amides is 1. The van der Waals surface area contributed by atoms with Crippen molar-refractivity contribution in [2.24, 2.45) is 0 Å². The maximum absolute atomic E-state index is 12.8. The first-order valence-corrected chi connectivity index (χ1v) is 9.58. The minimum Gasteiger partial charge on any atom is -0.356 e. The molecule has 0 aliphatic carbocycles. The Morgan fingerprint density at radius 2 is 2.18 bits per heavy atom. The summed E-state index contributed by atoms with van der Waals surface area (Å²) in [6.07, 6.45) is 8.74. The van der Waals surface area contributed by atoms with Gasteiger partial charge in [-0.15, -0.1) is 0 Å². The fourth-order valence-electron chi connectivity index (χ4n) is 3.75. The molecule has 4 heterocycles. The number of hydrogen-bond acceptors (Lipinski definition) is 4. The largest absolute Gasteiger partial charge is 0.356 e. The van der Waals surface area contributed by atoms with E-state index in [-0.39, 0.29) is 12.1 Å². The maximum Gasteiger partial charge on any atom is 0.252 e. The zero-order chi connectivity index (χ0) is 18.9. The van der Waals surface area contributed by atoms with Crippen LogP contribution in [0.25, 0.3) is 16.6 Å². The van der Waals surface area contributed by atoms with Gasteiger partial charge < -0.3 is 14.5 Å². The van der Waals surface area contributed by atoms with Crippen molar-refractivity contribution in [3.63, 3.8) is 0 Å². The van der Waals surface area contributed by atoms with E-state index in [0.29, 0.717) is 12.1 Å². The summed E-state index contributed by atoms with van der Waals surface area (Å²) < 4.78 is 9.69. The number of rotatable bonds is 4. The quantitative estimate of drug-likeness (QED) is 0.594. The summed E-state index contributed by atoms with van der Waals surface area (Å²) in [4.78, 5) is 17.3. The molecule has 28 heavy (non-hydrogen) atoms. The summed E-state index contributed by atoms with van der Waals surface area (Å²) >= 11 is 0. The molecule has 0 bridgehead atoms. The third-order valence-electron chi connectivity index (χ3n) is 5.16. The number of carbonyl (C=O) groups excluding carboxylic acids is 1. The van der Waals surface area contributed by atoms with Gasteiger partial charge in [-0.1, -0.05) is 12.1 Å². The normalized spacial score (nSPS) is 17.2. The highest BCUT2D eigenvalue weighted by Gasteiger charge is 2.20. The zero-order valence-electron chi connectivity index (χ0n) is 15.4. The Morgan fingerprint density at radius 1 is 1.21 bits per heavy atom. The van der Waals surface area contributed by atoms with Gasteiger partial charge in [0, 0.05) is 24.4 Å². The molecule has 0 spiro atoms. The molecular formula is C21H21N5O2. The molecule has 1 fully saturated rings. The van der Waals surface area contributed by atoms with Crippen LogP contribution in [0.3, 0.4) is 0 Å². The molecule has 1 unspecified atom stereocenters. The second kappa shape index (κ2) is 7.09. The van der Waals surface area contributed by atoms with Gasteiger partial charge in [-0.25, -0.2) is 9.67 Å². The van der Waals surface area contributed by atoms with E-state index in [1.54, 1.807) is 6.20 Å². The van der Waals surface area contributed by atoms with Crippen LogP contribution in [-0.4, -0.2) is 31.7 Å². The molecule has 1 saturated heterocycles. The summed E-state index contributed by atoms with van der Waals surface area (Å²) in [5.41, 5.74) is 3.22. The number of fused-ring (bicyclic) bond motifs is 2. The molecule has 0 saturated carbocycles. The van der Waals surface area contributed by atoms with Crippen LogP contribution in [0, 0.1) is 0 Å². The second-order valence-corrected chi connectivity index (χ2v) is 7.03. The fourth-order valence-corrected chi connectivity index (χ4v) is 3.75. The van der Waals surface area contributed by atoms with Crippen molar-refractivity contribution < 1.29 is 9.53 Å². The monoisotopic (exact) mass is 375 g/mol. The summed E-state index contributed by atoms with van der Waals surface area (Å²) in [5.74, 6) is -0.133. The van der Waals surface area contributed by atoms with E-state index in [9.17, 15) is 4.79 Å². The third-order valence-corrected chi connectivity index (χ3v) is 5.16. The summed E-state index contributed by atoms with van der Waals surface area (Å²) in [7, 11) is 0. The number of aromatic nitrogens is 4.